The van der Waals surface area contributed by atoms with E-state index in [1.54, 1.807) is 0 Å². The number of aromatic nitrogens is 1. The van der Waals surface area contributed by atoms with E-state index in [1.807, 2.05) is 48.5 Å². The number of alkyl halides is 3. The van der Waals surface area contributed by atoms with E-state index < -0.39 is 9.39 Å². The molecule has 0 spiro atoms. The standard InChI is InChI=1S/C23H21Cl3N2O/c24-23(25,26)22(29)14-13-20-19(22)11-12-21(27-20)28(15-17-7-3-1-4-8-17)16-18-9-5-2-6-10-18/h1-12,29H,13-16H2. The van der Waals surface area contributed by atoms with Crippen LogP contribution in [0.3, 0.4) is 0 Å². The van der Waals surface area contributed by atoms with Crippen molar-refractivity contribution in [3.8, 4) is 0 Å². The SMILES string of the molecule is OC1(C(Cl)(Cl)Cl)CCc2nc(N(Cc3ccccc3)Cc3ccccc3)ccc21. The van der Waals surface area contributed by atoms with Crippen LogP contribution in [0.25, 0.3) is 0 Å². The van der Waals surface area contributed by atoms with E-state index in [1.165, 1.54) is 11.1 Å². The molecule has 2 aromatic carbocycles. The van der Waals surface area contributed by atoms with Gasteiger partial charge in [-0.05, 0) is 30.0 Å². The first kappa shape index (κ1) is 20.5. The van der Waals surface area contributed by atoms with Crippen LogP contribution in [-0.4, -0.2) is 13.9 Å². The van der Waals surface area contributed by atoms with Gasteiger partial charge < -0.3 is 10.0 Å². The van der Waals surface area contributed by atoms with Crippen LogP contribution < -0.4 is 4.90 Å². The molecule has 3 aromatic rings. The van der Waals surface area contributed by atoms with Gasteiger partial charge in [0.25, 0.3) is 0 Å². The van der Waals surface area contributed by atoms with E-state index >= 15 is 0 Å². The minimum absolute atomic E-state index is 0.340. The Morgan fingerprint density at radius 3 is 1.93 bits per heavy atom. The first-order valence-electron chi connectivity index (χ1n) is 9.49. The molecule has 1 unspecified atom stereocenters. The summed E-state index contributed by atoms with van der Waals surface area (Å²) in [6.45, 7) is 1.44. The average Bonchev–Trinajstić information content (AvgIpc) is 3.07. The Morgan fingerprint density at radius 1 is 0.862 bits per heavy atom. The second-order valence-electron chi connectivity index (χ2n) is 7.35. The van der Waals surface area contributed by atoms with Crippen molar-refractivity contribution in [1.82, 2.24) is 4.98 Å². The highest BCUT2D eigenvalue weighted by Crippen LogP contribution is 2.51. The topological polar surface area (TPSA) is 36.4 Å². The summed E-state index contributed by atoms with van der Waals surface area (Å²) >= 11 is 18.2. The number of hydrogen-bond donors (Lipinski definition) is 1. The van der Waals surface area contributed by atoms with Crippen LogP contribution >= 0.6 is 34.8 Å². The minimum Gasteiger partial charge on any atom is -0.381 e. The highest BCUT2D eigenvalue weighted by molar-refractivity contribution is 6.68. The van der Waals surface area contributed by atoms with E-state index in [-0.39, 0.29) is 0 Å². The Bertz CT molecular complexity index is 935. The van der Waals surface area contributed by atoms with E-state index in [9.17, 15) is 5.11 Å². The highest BCUT2D eigenvalue weighted by Gasteiger charge is 2.52. The van der Waals surface area contributed by atoms with E-state index in [2.05, 4.69) is 29.2 Å². The molecule has 1 atom stereocenters. The maximum Gasteiger partial charge on any atom is 0.222 e. The van der Waals surface area contributed by atoms with Crippen LogP contribution in [0.5, 0.6) is 0 Å². The third-order valence-electron chi connectivity index (χ3n) is 5.35. The summed E-state index contributed by atoms with van der Waals surface area (Å²) < 4.78 is -1.80. The number of aryl methyl sites for hydroxylation is 1. The van der Waals surface area contributed by atoms with Gasteiger partial charge in [-0.2, -0.15) is 0 Å². The lowest BCUT2D eigenvalue weighted by Gasteiger charge is -2.31. The van der Waals surface area contributed by atoms with Crippen molar-refractivity contribution in [3.05, 3.63) is 95.2 Å². The maximum atomic E-state index is 10.9. The number of pyridine rings is 1. The molecule has 1 heterocycles. The molecule has 1 aliphatic rings. The number of benzene rings is 2. The van der Waals surface area contributed by atoms with E-state index in [4.69, 9.17) is 39.8 Å². The van der Waals surface area contributed by atoms with Gasteiger partial charge in [0.15, 0.2) is 0 Å². The van der Waals surface area contributed by atoms with Crippen molar-refractivity contribution >= 4 is 40.6 Å². The van der Waals surface area contributed by atoms with Gasteiger partial charge in [-0.15, -0.1) is 0 Å². The molecular weight excluding hydrogens is 427 g/mol. The summed E-state index contributed by atoms with van der Waals surface area (Å²) in [6, 6.07) is 24.3. The molecule has 1 aliphatic carbocycles. The maximum absolute atomic E-state index is 10.9. The van der Waals surface area contributed by atoms with Gasteiger partial charge in [0.05, 0.1) is 0 Å². The van der Waals surface area contributed by atoms with Gasteiger partial charge in [0.2, 0.25) is 3.79 Å². The normalized spacial score (nSPS) is 18.5. The molecule has 0 fully saturated rings. The van der Waals surface area contributed by atoms with Gasteiger partial charge in [0.1, 0.15) is 11.4 Å². The average molecular weight is 448 g/mol. The summed E-state index contributed by atoms with van der Waals surface area (Å²) in [5, 5.41) is 10.9. The first-order chi connectivity index (χ1) is 13.9. The number of halogens is 3. The largest absolute Gasteiger partial charge is 0.381 e. The zero-order valence-electron chi connectivity index (χ0n) is 15.7. The fourth-order valence-electron chi connectivity index (χ4n) is 3.79. The molecule has 3 nitrogen and oxygen atoms in total. The molecule has 0 bridgehead atoms. The van der Waals surface area contributed by atoms with Gasteiger partial charge in [-0.1, -0.05) is 102 Å². The van der Waals surface area contributed by atoms with E-state index in [0.717, 1.165) is 24.6 Å². The van der Waals surface area contributed by atoms with Gasteiger partial charge >= 0.3 is 0 Å². The molecule has 0 saturated heterocycles. The van der Waals surface area contributed by atoms with Crippen molar-refractivity contribution < 1.29 is 5.11 Å². The molecule has 1 aromatic heterocycles. The molecule has 6 heteroatoms. The summed E-state index contributed by atoms with van der Waals surface area (Å²) in [7, 11) is 0. The second-order valence-corrected chi connectivity index (χ2v) is 9.63. The van der Waals surface area contributed by atoms with Crippen LogP contribution in [0.2, 0.25) is 0 Å². The molecule has 4 rings (SSSR count). The van der Waals surface area contributed by atoms with Crippen molar-refractivity contribution in [2.75, 3.05) is 4.90 Å². The molecule has 0 amide bonds. The molecule has 150 valence electrons. The Hall–Kier alpha value is -1.78. The number of nitrogens with zero attached hydrogens (tertiary/aromatic N) is 2. The molecule has 0 aliphatic heterocycles. The smallest absolute Gasteiger partial charge is 0.222 e. The van der Waals surface area contributed by atoms with Crippen molar-refractivity contribution in [1.29, 1.82) is 0 Å². The third-order valence-corrected chi connectivity index (χ3v) is 6.29. The lowest BCUT2D eigenvalue weighted by atomic mass is 9.99. The predicted octanol–water partition coefficient (Wildman–Crippen LogP) is 5.79. The molecule has 29 heavy (non-hydrogen) atoms. The highest BCUT2D eigenvalue weighted by atomic mass is 35.6. The molecule has 1 N–H and O–H groups in total. The van der Waals surface area contributed by atoms with Crippen LogP contribution in [0.4, 0.5) is 5.82 Å². The fourth-order valence-corrected chi connectivity index (χ4v) is 4.38. The van der Waals surface area contributed by atoms with Crippen LogP contribution in [0, 0.1) is 0 Å². The van der Waals surface area contributed by atoms with E-state index in [0.29, 0.717) is 18.4 Å². The Morgan fingerprint density at radius 2 is 1.41 bits per heavy atom. The second kappa shape index (κ2) is 8.16. The predicted molar refractivity (Wildman–Crippen MR) is 120 cm³/mol. The van der Waals surface area contributed by atoms with Crippen LogP contribution in [-0.2, 0) is 25.1 Å². The van der Waals surface area contributed by atoms with Gasteiger partial charge in [-0.25, -0.2) is 4.98 Å². The Kier molecular flexibility index (Phi) is 5.76. The Balaban J connectivity index is 1.68. The summed E-state index contributed by atoms with van der Waals surface area (Å²) in [5.74, 6) is 0.838. The zero-order valence-corrected chi connectivity index (χ0v) is 18.0. The number of fused-ring (bicyclic) bond motifs is 1. The number of anilines is 1. The summed E-state index contributed by atoms with van der Waals surface area (Å²) in [4.78, 5) is 7.06. The van der Waals surface area contributed by atoms with Crippen molar-refractivity contribution in [2.24, 2.45) is 0 Å². The molecule has 0 radical (unpaired) electrons. The monoisotopic (exact) mass is 446 g/mol. The molecule has 0 saturated carbocycles. The molecular formula is C23H21Cl3N2O. The summed E-state index contributed by atoms with van der Waals surface area (Å²) in [6.07, 6.45) is 0.907. The quantitative estimate of drug-likeness (QED) is 0.503. The number of hydrogen-bond acceptors (Lipinski definition) is 3. The third kappa shape index (κ3) is 4.24. The Labute approximate surface area is 185 Å². The van der Waals surface area contributed by atoms with Crippen LogP contribution in [0.1, 0.15) is 28.8 Å². The number of rotatable bonds is 5. The zero-order chi connectivity index (χ0) is 20.5. The minimum atomic E-state index is -1.80. The fraction of sp³-hybridized carbons (Fsp3) is 0.261. The van der Waals surface area contributed by atoms with Gasteiger partial charge in [0, 0.05) is 24.3 Å². The number of aliphatic hydroxyl groups is 1. The van der Waals surface area contributed by atoms with Crippen molar-refractivity contribution in [3.63, 3.8) is 0 Å². The lowest BCUT2D eigenvalue weighted by Crippen LogP contribution is -2.37. The van der Waals surface area contributed by atoms with Crippen LogP contribution in [0.15, 0.2) is 72.8 Å². The lowest BCUT2D eigenvalue weighted by molar-refractivity contribution is 0.0426. The first-order valence-corrected chi connectivity index (χ1v) is 10.6. The van der Waals surface area contributed by atoms with Crippen molar-refractivity contribution in [2.45, 2.75) is 35.3 Å². The summed E-state index contributed by atoms with van der Waals surface area (Å²) in [5.41, 5.74) is 2.26. The van der Waals surface area contributed by atoms with Gasteiger partial charge in [-0.3, -0.25) is 0 Å².